The van der Waals surface area contributed by atoms with Crippen LogP contribution in [0.25, 0.3) is 0 Å². The highest BCUT2D eigenvalue weighted by Gasteiger charge is 2.01. The van der Waals surface area contributed by atoms with Crippen molar-refractivity contribution in [2.75, 3.05) is 11.9 Å². The van der Waals surface area contributed by atoms with Crippen molar-refractivity contribution in [3.8, 4) is 0 Å². The van der Waals surface area contributed by atoms with Crippen molar-refractivity contribution in [3.05, 3.63) is 51.7 Å². The third-order valence-electron chi connectivity index (χ3n) is 2.73. The van der Waals surface area contributed by atoms with Gasteiger partial charge in [0.15, 0.2) is 0 Å². The number of thiophene rings is 1. The molecule has 5 heteroatoms. The van der Waals surface area contributed by atoms with Gasteiger partial charge in [-0.05, 0) is 37.6 Å². The van der Waals surface area contributed by atoms with Crippen LogP contribution in [0.2, 0.25) is 0 Å². The quantitative estimate of drug-likeness (QED) is 0.656. The molecule has 1 aromatic carbocycles. The van der Waals surface area contributed by atoms with Crippen molar-refractivity contribution in [1.29, 1.82) is 0 Å². The van der Waals surface area contributed by atoms with Crippen LogP contribution in [0.1, 0.15) is 15.3 Å². The second-order valence-corrected chi connectivity index (χ2v) is 5.73. The molecule has 0 radical (unpaired) electrons. The predicted molar refractivity (Wildman–Crippen MR) is 84.5 cm³/mol. The van der Waals surface area contributed by atoms with Gasteiger partial charge in [-0.2, -0.15) is 5.10 Å². The lowest BCUT2D eigenvalue weighted by atomic mass is 10.2. The van der Waals surface area contributed by atoms with Crippen LogP contribution in [0.3, 0.4) is 0 Å². The van der Waals surface area contributed by atoms with E-state index < -0.39 is 0 Å². The number of amides is 1. The van der Waals surface area contributed by atoms with Gasteiger partial charge in [0.05, 0.1) is 12.8 Å². The van der Waals surface area contributed by atoms with Gasteiger partial charge in [-0.15, -0.1) is 11.3 Å². The topological polar surface area (TPSA) is 53.5 Å². The van der Waals surface area contributed by atoms with Gasteiger partial charge in [0.25, 0.3) is 5.91 Å². The number of hydrogen-bond acceptors (Lipinski definition) is 4. The van der Waals surface area contributed by atoms with Crippen molar-refractivity contribution >= 4 is 29.1 Å². The van der Waals surface area contributed by atoms with Crippen molar-refractivity contribution in [2.24, 2.45) is 5.10 Å². The molecule has 0 bridgehead atoms. The molecule has 0 aliphatic heterocycles. The molecule has 2 N–H and O–H groups in total. The van der Waals surface area contributed by atoms with Crippen LogP contribution >= 0.6 is 11.3 Å². The molecule has 0 unspecified atom stereocenters. The molecule has 2 rings (SSSR count). The van der Waals surface area contributed by atoms with Crippen LogP contribution in [0.15, 0.2) is 41.5 Å². The molecule has 0 fully saturated rings. The van der Waals surface area contributed by atoms with Crippen molar-refractivity contribution in [1.82, 2.24) is 5.43 Å². The zero-order chi connectivity index (χ0) is 14.4. The number of rotatable bonds is 5. The van der Waals surface area contributed by atoms with Gasteiger partial charge in [-0.1, -0.05) is 18.2 Å². The highest BCUT2D eigenvalue weighted by molar-refractivity contribution is 7.13. The molecular weight excluding hydrogens is 270 g/mol. The Morgan fingerprint density at radius 1 is 1.25 bits per heavy atom. The predicted octanol–water partition coefficient (Wildman–Crippen LogP) is 2.93. The number of nitrogens with zero attached hydrogens (tertiary/aromatic N) is 1. The van der Waals surface area contributed by atoms with E-state index >= 15 is 0 Å². The summed E-state index contributed by atoms with van der Waals surface area (Å²) < 4.78 is 0. The van der Waals surface area contributed by atoms with Gasteiger partial charge < -0.3 is 5.32 Å². The van der Waals surface area contributed by atoms with Crippen LogP contribution in [0.5, 0.6) is 0 Å². The number of benzene rings is 1. The summed E-state index contributed by atoms with van der Waals surface area (Å²) in [5.41, 5.74) is 4.57. The van der Waals surface area contributed by atoms with Crippen molar-refractivity contribution < 1.29 is 4.79 Å². The van der Waals surface area contributed by atoms with Crippen molar-refractivity contribution in [2.45, 2.75) is 13.8 Å². The summed E-state index contributed by atoms with van der Waals surface area (Å²) in [7, 11) is 0. The molecule has 20 heavy (non-hydrogen) atoms. The molecule has 0 atom stereocenters. The van der Waals surface area contributed by atoms with E-state index in [0.717, 1.165) is 16.1 Å². The zero-order valence-electron chi connectivity index (χ0n) is 11.5. The average Bonchev–Trinajstić information content (AvgIpc) is 2.83. The van der Waals surface area contributed by atoms with Crippen LogP contribution in [-0.2, 0) is 4.79 Å². The lowest BCUT2D eigenvalue weighted by Gasteiger charge is -2.07. The van der Waals surface area contributed by atoms with E-state index in [-0.39, 0.29) is 12.5 Å². The number of aryl methyl sites for hydroxylation is 2. The Balaban J connectivity index is 1.78. The van der Waals surface area contributed by atoms with E-state index in [2.05, 4.69) is 15.8 Å². The molecule has 4 nitrogen and oxygen atoms in total. The van der Waals surface area contributed by atoms with Crippen LogP contribution in [-0.4, -0.2) is 18.7 Å². The second kappa shape index (κ2) is 6.86. The molecule has 104 valence electrons. The Morgan fingerprint density at radius 3 is 2.75 bits per heavy atom. The monoisotopic (exact) mass is 287 g/mol. The molecule has 0 saturated carbocycles. The number of nitrogens with one attached hydrogen (secondary N) is 2. The summed E-state index contributed by atoms with van der Waals surface area (Å²) in [4.78, 5) is 13.9. The van der Waals surface area contributed by atoms with Crippen LogP contribution < -0.4 is 10.7 Å². The van der Waals surface area contributed by atoms with Gasteiger partial charge in [-0.3, -0.25) is 4.79 Å². The van der Waals surface area contributed by atoms with E-state index in [1.165, 1.54) is 4.88 Å². The number of carbonyl (C=O) groups is 1. The minimum absolute atomic E-state index is 0.169. The lowest BCUT2D eigenvalue weighted by Crippen LogP contribution is -2.26. The molecule has 0 spiro atoms. The molecule has 0 aliphatic carbocycles. The van der Waals surface area contributed by atoms with Crippen molar-refractivity contribution in [3.63, 3.8) is 0 Å². The maximum atomic E-state index is 11.6. The molecule has 0 aliphatic rings. The smallest absolute Gasteiger partial charge is 0.259 e. The average molecular weight is 287 g/mol. The molecular formula is C15H17N3OS. The number of para-hydroxylation sites is 1. The van der Waals surface area contributed by atoms with Gasteiger partial charge in [-0.25, -0.2) is 5.43 Å². The van der Waals surface area contributed by atoms with E-state index in [9.17, 15) is 4.79 Å². The molecule has 1 heterocycles. The van der Waals surface area contributed by atoms with Gasteiger partial charge in [0.1, 0.15) is 0 Å². The summed E-state index contributed by atoms with van der Waals surface area (Å²) >= 11 is 1.64. The minimum atomic E-state index is -0.169. The maximum absolute atomic E-state index is 11.6. The normalized spacial score (nSPS) is 10.7. The summed E-state index contributed by atoms with van der Waals surface area (Å²) in [5, 5.41) is 7.02. The molecule has 2 aromatic rings. The number of carbonyl (C=O) groups excluding carboxylic acids is 1. The molecule has 1 amide bonds. The van der Waals surface area contributed by atoms with Gasteiger partial charge >= 0.3 is 0 Å². The molecule has 0 saturated heterocycles. The number of hydrogen-bond donors (Lipinski definition) is 2. The Morgan fingerprint density at radius 2 is 2.05 bits per heavy atom. The van der Waals surface area contributed by atoms with E-state index in [1.54, 1.807) is 17.6 Å². The molecule has 1 aromatic heterocycles. The highest BCUT2D eigenvalue weighted by atomic mass is 32.1. The second-order valence-electron chi connectivity index (χ2n) is 4.41. The van der Waals surface area contributed by atoms with Gasteiger partial charge in [0, 0.05) is 15.4 Å². The number of hydrazone groups is 1. The Labute approximate surface area is 122 Å². The maximum Gasteiger partial charge on any atom is 0.259 e. The third-order valence-corrected chi connectivity index (χ3v) is 3.66. The zero-order valence-corrected chi connectivity index (χ0v) is 12.3. The first-order valence-electron chi connectivity index (χ1n) is 6.33. The number of anilines is 1. The Kier molecular flexibility index (Phi) is 4.90. The fourth-order valence-corrected chi connectivity index (χ4v) is 2.43. The standard InChI is InChI=1S/C15H17N3OS/c1-11-5-3-4-6-14(11)16-10-15(19)18-17-9-13-8-7-12(2)20-13/h3-9,16H,10H2,1-2H3,(H,18,19)/b17-9-. The fourth-order valence-electron chi connectivity index (χ4n) is 1.68. The fraction of sp³-hybridized carbons (Fsp3) is 0.200. The van der Waals surface area contributed by atoms with E-state index in [4.69, 9.17) is 0 Å². The summed E-state index contributed by atoms with van der Waals surface area (Å²) in [6.45, 7) is 4.23. The summed E-state index contributed by atoms with van der Waals surface area (Å²) in [6.07, 6.45) is 1.66. The first kappa shape index (κ1) is 14.3. The first-order chi connectivity index (χ1) is 9.65. The SMILES string of the molecule is Cc1ccc(/C=N\NC(=O)CNc2ccccc2C)s1. The highest BCUT2D eigenvalue weighted by Crippen LogP contribution is 2.13. The third kappa shape index (κ3) is 4.20. The summed E-state index contributed by atoms with van der Waals surface area (Å²) in [5.74, 6) is -0.169. The van der Waals surface area contributed by atoms with Crippen LogP contribution in [0.4, 0.5) is 5.69 Å². The first-order valence-corrected chi connectivity index (χ1v) is 7.14. The lowest BCUT2D eigenvalue weighted by molar-refractivity contribution is -0.119. The summed E-state index contributed by atoms with van der Waals surface area (Å²) in [6, 6.07) is 11.8. The van der Waals surface area contributed by atoms with E-state index in [1.807, 2.05) is 50.2 Å². The van der Waals surface area contributed by atoms with Crippen LogP contribution in [0, 0.1) is 13.8 Å². The van der Waals surface area contributed by atoms with Gasteiger partial charge in [0.2, 0.25) is 0 Å². The minimum Gasteiger partial charge on any atom is -0.376 e. The Bertz CT molecular complexity index is 619. The Hall–Kier alpha value is -2.14. The van der Waals surface area contributed by atoms with E-state index in [0.29, 0.717) is 0 Å². The largest absolute Gasteiger partial charge is 0.376 e.